The van der Waals surface area contributed by atoms with Gasteiger partial charge >= 0.3 is 0 Å². The number of hydrogen-bond acceptors (Lipinski definition) is 3. The molecule has 0 unspecified atom stereocenters. The van der Waals surface area contributed by atoms with Crippen molar-refractivity contribution >= 4 is 11.3 Å². The van der Waals surface area contributed by atoms with Gasteiger partial charge in [0, 0.05) is 19.5 Å². The molecule has 1 aromatic heterocycles. The normalized spacial score (nSPS) is 10.9. The number of unbranched alkanes of at least 4 members (excludes halogenated alkanes) is 1. The second-order valence-electron chi connectivity index (χ2n) is 7.45. The zero-order valence-corrected chi connectivity index (χ0v) is 19.3. The van der Waals surface area contributed by atoms with Gasteiger partial charge in [0.25, 0.3) is 0 Å². The number of rotatable bonds is 10. The lowest BCUT2D eigenvalue weighted by molar-refractivity contribution is 0.299. The monoisotopic (exact) mass is 429 g/mol. The summed E-state index contributed by atoms with van der Waals surface area (Å²) in [7, 11) is 0. The van der Waals surface area contributed by atoms with E-state index in [1.807, 2.05) is 12.1 Å². The van der Waals surface area contributed by atoms with Crippen molar-refractivity contribution in [2.45, 2.75) is 39.8 Å². The van der Waals surface area contributed by atoms with E-state index in [4.69, 9.17) is 4.74 Å². The Morgan fingerprint density at radius 3 is 2.68 bits per heavy atom. The Morgan fingerprint density at radius 1 is 1.00 bits per heavy atom. The number of hydrogen-bond donors (Lipinski definition) is 0. The average Bonchev–Trinajstić information content (AvgIpc) is 3.35. The van der Waals surface area contributed by atoms with Crippen LogP contribution in [0.3, 0.4) is 0 Å². The van der Waals surface area contributed by atoms with Gasteiger partial charge in [-0.25, -0.2) is 0 Å². The lowest BCUT2D eigenvalue weighted by Gasteiger charge is -2.19. The Hall–Kier alpha value is -2.80. The molecule has 1 heterocycles. The van der Waals surface area contributed by atoms with E-state index in [1.54, 1.807) is 11.3 Å². The first-order valence-electron chi connectivity index (χ1n) is 11.0. The SMILES string of the molecule is CCCC#C/C=C/CN(CC)Cc1cccc(OCc2cccc(-c3ccsc3)c2)c1. The molecule has 0 saturated heterocycles. The van der Waals surface area contributed by atoms with Crippen LogP contribution < -0.4 is 4.74 Å². The highest BCUT2D eigenvalue weighted by molar-refractivity contribution is 7.08. The number of thiophene rings is 1. The van der Waals surface area contributed by atoms with Crippen LogP contribution in [-0.2, 0) is 13.2 Å². The summed E-state index contributed by atoms with van der Waals surface area (Å²) in [6.07, 6.45) is 6.20. The summed E-state index contributed by atoms with van der Waals surface area (Å²) in [5.41, 5.74) is 4.94. The highest BCUT2D eigenvalue weighted by atomic mass is 32.1. The Kier molecular flexibility index (Phi) is 9.44. The largest absolute Gasteiger partial charge is 0.489 e. The van der Waals surface area contributed by atoms with Crippen molar-refractivity contribution in [3.05, 3.63) is 88.6 Å². The second kappa shape index (κ2) is 12.8. The van der Waals surface area contributed by atoms with Crippen LogP contribution in [0.15, 0.2) is 77.5 Å². The topological polar surface area (TPSA) is 12.5 Å². The first kappa shape index (κ1) is 22.9. The highest BCUT2D eigenvalue weighted by Gasteiger charge is 2.05. The summed E-state index contributed by atoms with van der Waals surface area (Å²) >= 11 is 1.72. The molecule has 0 amide bonds. The van der Waals surface area contributed by atoms with Gasteiger partial charge in [-0.05, 0) is 76.3 Å². The summed E-state index contributed by atoms with van der Waals surface area (Å²) in [6, 6.07) is 19.2. The molecule has 0 atom stereocenters. The number of likely N-dealkylation sites (N-methyl/N-ethyl adjacent to an activating group) is 1. The Bertz CT molecular complexity index is 1010. The van der Waals surface area contributed by atoms with E-state index in [2.05, 4.69) is 96.0 Å². The van der Waals surface area contributed by atoms with Crippen LogP contribution >= 0.6 is 11.3 Å². The van der Waals surface area contributed by atoms with Gasteiger partial charge in [-0.2, -0.15) is 11.3 Å². The molecule has 2 aromatic carbocycles. The zero-order chi connectivity index (χ0) is 21.7. The van der Waals surface area contributed by atoms with Crippen molar-refractivity contribution in [1.29, 1.82) is 0 Å². The predicted molar refractivity (Wildman–Crippen MR) is 133 cm³/mol. The van der Waals surface area contributed by atoms with Crippen molar-refractivity contribution in [3.63, 3.8) is 0 Å². The molecule has 3 heteroatoms. The minimum atomic E-state index is 0.568. The standard InChI is InChI=1S/C28H31NOS/c1-3-5-6-7-8-9-17-29(4-2)21-24-12-11-15-28(20-24)30-22-25-13-10-14-26(19-25)27-16-18-31-23-27/h8-16,18-20,23H,3-5,17,21-22H2,1-2H3/b9-8+. The van der Waals surface area contributed by atoms with Crippen molar-refractivity contribution in [1.82, 2.24) is 4.90 Å². The third-order valence-electron chi connectivity index (χ3n) is 4.98. The smallest absolute Gasteiger partial charge is 0.120 e. The maximum atomic E-state index is 6.11. The minimum absolute atomic E-state index is 0.568. The molecule has 0 aliphatic carbocycles. The van der Waals surface area contributed by atoms with E-state index in [1.165, 1.54) is 22.3 Å². The second-order valence-corrected chi connectivity index (χ2v) is 8.23. The van der Waals surface area contributed by atoms with Crippen molar-refractivity contribution < 1.29 is 4.74 Å². The molecule has 0 fully saturated rings. The summed E-state index contributed by atoms with van der Waals surface area (Å²) in [5, 5.41) is 4.29. The molecule has 0 aliphatic heterocycles. The molecule has 3 rings (SSSR count). The maximum Gasteiger partial charge on any atom is 0.120 e. The summed E-state index contributed by atoms with van der Waals surface area (Å²) < 4.78 is 6.11. The van der Waals surface area contributed by atoms with Crippen molar-refractivity contribution in [3.8, 4) is 28.7 Å². The van der Waals surface area contributed by atoms with Crippen LogP contribution in [-0.4, -0.2) is 18.0 Å². The molecule has 31 heavy (non-hydrogen) atoms. The third kappa shape index (κ3) is 7.75. The van der Waals surface area contributed by atoms with Gasteiger partial charge in [-0.1, -0.05) is 62.1 Å². The molecule has 0 saturated carbocycles. The first-order valence-corrected chi connectivity index (χ1v) is 11.9. The number of ether oxygens (including phenoxy) is 1. The average molecular weight is 430 g/mol. The fraction of sp³-hybridized carbons (Fsp3) is 0.286. The van der Waals surface area contributed by atoms with Gasteiger partial charge in [0.05, 0.1) is 0 Å². The molecule has 0 aliphatic rings. The minimum Gasteiger partial charge on any atom is -0.489 e. The van der Waals surface area contributed by atoms with Crippen LogP contribution in [0.25, 0.3) is 11.1 Å². The molecular weight excluding hydrogens is 398 g/mol. The number of nitrogens with zero attached hydrogens (tertiary/aromatic N) is 1. The van der Waals surface area contributed by atoms with E-state index in [9.17, 15) is 0 Å². The molecule has 160 valence electrons. The van der Waals surface area contributed by atoms with Crippen molar-refractivity contribution in [2.75, 3.05) is 13.1 Å². The van der Waals surface area contributed by atoms with E-state index in [0.29, 0.717) is 6.61 Å². The fourth-order valence-corrected chi connectivity index (χ4v) is 3.92. The summed E-state index contributed by atoms with van der Waals surface area (Å²) in [6.45, 7) is 7.70. The van der Waals surface area contributed by atoms with Gasteiger partial charge in [0.1, 0.15) is 12.4 Å². The van der Waals surface area contributed by atoms with E-state index >= 15 is 0 Å². The lowest BCUT2D eigenvalue weighted by atomic mass is 10.1. The van der Waals surface area contributed by atoms with Gasteiger partial charge in [0.15, 0.2) is 0 Å². The molecular formula is C28H31NOS. The molecule has 0 radical (unpaired) electrons. The highest BCUT2D eigenvalue weighted by Crippen LogP contribution is 2.24. The number of allylic oxidation sites excluding steroid dienone is 1. The quantitative estimate of drug-likeness (QED) is 0.317. The van der Waals surface area contributed by atoms with E-state index < -0.39 is 0 Å². The molecule has 2 nitrogen and oxygen atoms in total. The maximum absolute atomic E-state index is 6.11. The predicted octanol–water partition coefficient (Wildman–Crippen LogP) is 7.18. The summed E-state index contributed by atoms with van der Waals surface area (Å²) in [5.74, 6) is 7.17. The molecule has 0 spiro atoms. The van der Waals surface area contributed by atoms with Crippen LogP contribution in [0.5, 0.6) is 5.75 Å². The molecule has 0 N–H and O–H groups in total. The third-order valence-corrected chi connectivity index (χ3v) is 5.66. The van der Waals surface area contributed by atoms with E-state index in [-0.39, 0.29) is 0 Å². The van der Waals surface area contributed by atoms with Crippen molar-refractivity contribution in [2.24, 2.45) is 0 Å². The zero-order valence-electron chi connectivity index (χ0n) is 18.5. The van der Waals surface area contributed by atoms with Gasteiger partial charge < -0.3 is 4.74 Å². The van der Waals surface area contributed by atoms with Gasteiger partial charge in [0.2, 0.25) is 0 Å². The number of benzene rings is 2. The molecule has 3 aromatic rings. The first-order chi connectivity index (χ1) is 15.3. The van der Waals surface area contributed by atoms with Crippen LogP contribution in [0.2, 0.25) is 0 Å². The van der Waals surface area contributed by atoms with Crippen LogP contribution in [0.1, 0.15) is 37.8 Å². The molecule has 0 bridgehead atoms. The van der Waals surface area contributed by atoms with E-state index in [0.717, 1.165) is 38.2 Å². The summed E-state index contributed by atoms with van der Waals surface area (Å²) in [4.78, 5) is 2.39. The lowest BCUT2D eigenvalue weighted by Crippen LogP contribution is -2.22. The Balaban J connectivity index is 1.55. The Labute approximate surface area is 191 Å². The van der Waals surface area contributed by atoms with Crippen LogP contribution in [0.4, 0.5) is 0 Å². The van der Waals surface area contributed by atoms with Gasteiger partial charge in [-0.3, -0.25) is 4.90 Å². The fourth-order valence-electron chi connectivity index (χ4n) is 3.25. The van der Waals surface area contributed by atoms with Crippen LogP contribution in [0, 0.1) is 11.8 Å². The Morgan fingerprint density at radius 2 is 1.87 bits per heavy atom. The van der Waals surface area contributed by atoms with Gasteiger partial charge in [-0.15, -0.1) is 0 Å².